The fourth-order valence-corrected chi connectivity index (χ4v) is 1.87. The number of carbonyl (C=O) groups is 1. The molecule has 0 aromatic heterocycles. The number of piperidine rings is 1. The third-order valence-corrected chi connectivity index (χ3v) is 2.89. The minimum Gasteiger partial charge on any atom is -0.399 e. The van der Waals surface area contributed by atoms with E-state index in [0.717, 1.165) is 17.8 Å². The topological polar surface area (TPSA) is 67.1 Å². The second kappa shape index (κ2) is 4.43. The summed E-state index contributed by atoms with van der Waals surface area (Å²) in [4.78, 5) is 11.0. The van der Waals surface area contributed by atoms with Crippen LogP contribution in [-0.4, -0.2) is 18.5 Å². The summed E-state index contributed by atoms with van der Waals surface area (Å²) in [6.45, 7) is 2.73. The number of amides is 1. The smallest absolute Gasteiger partial charge is 0.220 e. The van der Waals surface area contributed by atoms with Gasteiger partial charge < -0.3 is 16.4 Å². The van der Waals surface area contributed by atoms with Crippen LogP contribution in [0.5, 0.6) is 0 Å². The molecular formula is C12H17N3O. The molecule has 1 heterocycles. The number of benzene rings is 1. The summed E-state index contributed by atoms with van der Waals surface area (Å²) in [5.41, 5.74) is 8.73. The van der Waals surface area contributed by atoms with Gasteiger partial charge in [-0.3, -0.25) is 4.79 Å². The molecule has 1 saturated heterocycles. The standard InChI is InChI=1S/C12H17N3O/c1-8-2-3-9(13)6-11(8)15-10-4-5-12(16)14-7-10/h2-3,6,10,15H,4-5,7,13H2,1H3,(H,14,16). The van der Waals surface area contributed by atoms with E-state index in [2.05, 4.69) is 10.6 Å². The Morgan fingerprint density at radius 1 is 1.50 bits per heavy atom. The van der Waals surface area contributed by atoms with Gasteiger partial charge in [0.1, 0.15) is 0 Å². The SMILES string of the molecule is Cc1ccc(N)cc1NC1CCC(=O)NC1. The van der Waals surface area contributed by atoms with Gasteiger partial charge in [0.15, 0.2) is 0 Å². The van der Waals surface area contributed by atoms with Gasteiger partial charge in [0.05, 0.1) is 0 Å². The van der Waals surface area contributed by atoms with E-state index in [0.29, 0.717) is 19.0 Å². The van der Waals surface area contributed by atoms with Crippen molar-refractivity contribution in [2.45, 2.75) is 25.8 Å². The molecule has 16 heavy (non-hydrogen) atoms. The Bertz CT molecular complexity index is 393. The van der Waals surface area contributed by atoms with E-state index in [1.165, 1.54) is 5.56 Å². The summed E-state index contributed by atoms with van der Waals surface area (Å²) in [7, 11) is 0. The van der Waals surface area contributed by atoms with E-state index in [1.54, 1.807) is 0 Å². The zero-order valence-corrected chi connectivity index (χ0v) is 9.42. The van der Waals surface area contributed by atoms with Gasteiger partial charge >= 0.3 is 0 Å². The number of anilines is 2. The van der Waals surface area contributed by atoms with E-state index < -0.39 is 0 Å². The highest BCUT2D eigenvalue weighted by Crippen LogP contribution is 2.20. The zero-order chi connectivity index (χ0) is 11.5. The molecule has 0 spiro atoms. The molecule has 1 aliphatic heterocycles. The van der Waals surface area contributed by atoms with Crippen molar-refractivity contribution in [3.63, 3.8) is 0 Å². The van der Waals surface area contributed by atoms with Crippen LogP contribution in [0.25, 0.3) is 0 Å². The highest BCUT2D eigenvalue weighted by molar-refractivity contribution is 5.77. The molecule has 4 nitrogen and oxygen atoms in total. The van der Waals surface area contributed by atoms with E-state index in [4.69, 9.17) is 5.73 Å². The maximum absolute atomic E-state index is 11.0. The molecule has 1 aromatic rings. The molecule has 2 rings (SSSR count). The summed E-state index contributed by atoms with van der Waals surface area (Å²) >= 11 is 0. The van der Waals surface area contributed by atoms with Crippen LogP contribution in [0.3, 0.4) is 0 Å². The second-order valence-electron chi connectivity index (χ2n) is 4.26. The van der Waals surface area contributed by atoms with Gasteiger partial charge in [-0.25, -0.2) is 0 Å². The summed E-state index contributed by atoms with van der Waals surface area (Å²) in [6.07, 6.45) is 1.47. The molecule has 1 unspecified atom stereocenters. The van der Waals surface area contributed by atoms with Gasteiger partial charge in [0, 0.05) is 30.4 Å². The van der Waals surface area contributed by atoms with Gasteiger partial charge in [-0.05, 0) is 31.0 Å². The molecule has 86 valence electrons. The van der Waals surface area contributed by atoms with Crippen LogP contribution < -0.4 is 16.4 Å². The maximum atomic E-state index is 11.0. The van der Waals surface area contributed by atoms with E-state index >= 15 is 0 Å². The molecule has 4 heteroatoms. The van der Waals surface area contributed by atoms with Crippen LogP contribution in [-0.2, 0) is 4.79 Å². The van der Waals surface area contributed by atoms with Crippen LogP contribution >= 0.6 is 0 Å². The number of nitrogens with one attached hydrogen (secondary N) is 2. The highest BCUT2D eigenvalue weighted by Gasteiger charge is 2.17. The molecule has 1 fully saturated rings. The lowest BCUT2D eigenvalue weighted by molar-refractivity contribution is -0.122. The van der Waals surface area contributed by atoms with Crippen molar-refractivity contribution in [1.29, 1.82) is 0 Å². The Balaban J connectivity index is 2.03. The molecule has 4 N–H and O–H groups in total. The highest BCUT2D eigenvalue weighted by atomic mass is 16.1. The normalized spacial score (nSPS) is 20.3. The van der Waals surface area contributed by atoms with E-state index in [9.17, 15) is 4.79 Å². The van der Waals surface area contributed by atoms with E-state index in [1.807, 2.05) is 25.1 Å². The Hall–Kier alpha value is -1.71. The lowest BCUT2D eigenvalue weighted by atomic mass is 10.1. The van der Waals surface area contributed by atoms with Crippen molar-refractivity contribution in [2.24, 2.45) is 0 Å². The fraction of sp³-hybridized carbons (Fsp3) is 0.417. The maximum Gasteiger partial charge on any atom is 0.220 e. The van der Waals surface area contributed by atoms with E-state index in [-0.39, 0.29) is 5.91 Å². The van der Waals surface area contributed by atoms with Gasteiger partial charge in [0.2, 0.25) is 5.91 Å². The molecule has 1 aromatic carbocycles. The van der Waals surface area contributed by atoms with Crippen molar-refractivity contribution in [1.82, 2.24) is 5.32 Å². The monoisotopic (exact) mass is 219 g/mol. The third-order valence-electron chi connectivity index (χ3n) is 2.89. The molecule has 0 aliphatic carbocycles. The van der Waals surface area contributed by atoms with Crippen molar-refractivity contribution in [3.8, 4) is 0 Å². The molecule has 0 radical (unpaired) electrons. The quantitative estimate of drug-likeness (QED) is 0.656. The van der Waals surface area contributed by atoms with Crippen LogP contribution in [0.15, 0.2) is 18.2 Å². The predicted molar refractivity (Wildman–Crippen MR) is 65.2 cm³/mol. The number of hydrogen-bond acceptors (Lipinski definition) is 3. The Kier molecular flexibility index (Phi) is 2.99. The number of aryl methyl sites for hydroxylation is 1. The number of nitrogens with two attached hydrogens (primary N) is 1. The lowest BCUT2D eigenvalue weighted by Gasteiger charge is -2.25. The zero-order valence-electron chi connectivity index (χ0n) is 9.42. The first-order valence-corrected chi connectivity index (χ1v) is 5.54. The summed E-state index contributed by atoms with van der Waals surface area (Å²) < 4.78 is 0. The number of rotatable bonds is 2. The van der Waals surface area contributed by atoms with Gasteiger partial charge in [-0.15, -0.1) is 0 Å². The minimum absolute atomic E-state index is 0.141. The van der Waals surface area contributed by atoms with Crippen LogP contribution in [0, 0.1) is 6.92 Å². The largest absolute Gasteiger partial charge is 0.399 e. The Labute approximate surface area is 95.2 Å². The average Bonchev–Trinajstić information content (AvgIpc) is 2.27. The minimum atomic E-state index is 0.141. The third kappa shape index (κ3) is 2.45. The molecule has 0 bridgehead atoms. The van der Waals surface area contributed by atoms with Crippen molar-refractivity contribution >= 4 is 17.3 Å². The Morgan fingerprint density at radius 3 is 3.00 bits per heavy atom. The first kappa shape index (κ1) is 10.8. The number of carbonyl (C=O) groups excluding carboxylic acids is 1. The first-order chi connectivity index (χ1) is 7.65. The van der Waals surface area contributed by atoms with Gasteiger partial charge in [0.25, 0.3) is 0 Å². The molecule has 1 aliphatic rings. The van der Waals surface area contributed by atoms with Gasteiger partial charge in [-0.1, -0.05) is 6.07 Å². The predicted octanol–water partition coefficient (Wildman–Crippen LogP) is 1.27. The molecule has 1 atom stereocenters. The Morgan fingerprint density at radius 2 is 2.31 bits per heavy atom. The molecular weight excluding hydrogens is 202 g/mol. The van der Waals surface area contributed by atoms with Crippen LogP contribution in [0.1, 0.15) is 18.4 Å². The van der Waals surface area contributed by atoms with Crippen LogP contribution in [0.4, 0.5) is 11.4 Å². The lowest BCUT2D eigenvalue weighted by Crippen LogP contribution is -2.41. The van der Waals surface area contributed by atoms with Crippen molar-refractivity contribution < 1.29 is 4.79 Å². The molecule has 0 saturated carbocycles. The summed E-state index contributed by atoms with van der Waals surface area (Å²) in [6, 6.07) is 6.13. The summed E-state index contributed by atoms with van der Waals surface area (Å²) in [5, 5.41) is 6.27. The fourth-order valence-electron chi connectivity index (χ4n) is 1.87. The summed E-state index contributed by atoms with van der Waals surface area (Å²) in [5.74, 6) is 0.141. The first-order valence-electron chi connectivity index (χ1n) is 5.54. The van der Waals surface area contributed by atoms with Gasteiger partial charge in [-0.2, -0.15) is 0 Å². The molecule has 1 amide bonds. The van der Waals surface area contributed by atoms with Crippen LogP contribution in [0.2, 0.25) is 0 Å². The van der Waals surface area contributed by atoms with Crippen molar-refractivity contribution in [3.05, 3.63) is 23.8 Å². The van der Waals surface area contributed by atoms with Crippen molar-refractivity contribution in [2.75, 3.05) is 17.6 Å². The number of hydrogen-bond donors (Lipinski definition) is 3. The number of nitrogen functional groups attached to an aromatic ring is 1. The average molecular weight is 219 g/mol. The second-order valence-corrected chi connectivity index (χ2v) is 4.26.